The molecule has 1 heterocycles. The van der Waals surface area contributed by atoms with Gasteiger partial charge in [0.25, 0.3) is 0 Å². The van der Waals surface area contributed by atoms with Gasteiger partial charge in [0, 0.05) is 17.3 Å². The zero-order valence-corrected chi connectivity index (χ0v) is 20.9. The van der Waals surface area contributed by atoms with Crippen molar-refractivity contribution >= 4 is 17.6 Å². The van der Waals surface area contributed by atoms with Gasteiger partial charge in [0.15, 0.2) is 5.78 Å². The second kappa shape index (κ2) is 11.1. The number of carbonyl (C=O) groups is 2. The number of rotatable bonds is 8. The number of nitrogens with one attached hydrogen (secondary N) is 1. The minimum Gasteiger partial charge on any atom is -0.444 e. The highest BCUT2D eigenvalue weighted by molar-refractivity contribution is 5.97. The summed E-state index contributed by atoms with van der Waals surface area (Å²) in [6, 6.07) is 21.9. The van der Waals surface area contributed by atoms with Crippen molar-refractivity contribution in [2.45, 2.75) is 70.3 Å². The Morgan fingerprint density at radius 3 is 2.22 bits per heavy atom. The van der Waals surface area contributed by atoms with Crippen LogP contribution in [0, 0.1) is 5.92 Å². The number of aromatic nitrogens is 1. The molecule has 0 radical (unpaired) electrons. The van der Waals surface area contributed by atoms with Gasteiger partial charge < -0.3 is 4.74 Å². The first-order valence-electron chi connectivity index (χ1n) is 13.2. The zero-order chi connectivity index (χ0) is 24.9. The molecule has 0 spiro atoms. The van der Waals surface area contributed by atoms with Crippen LogP contribution in [-0.2, 0) is 17.8 Å². The van der Waals surface area contributed by atoms with E-state index in [2.05, 4.69) is 36.5 Å². The van der Waals surface area contributed by atoms with E-state index in [1.807, 2.05) is 42.5 Å². The van der Waals surface area contributed by atoms with Crippen molar-refractivity contribution in [3.63, 3.8) is 0 Å². The Morgan fingerprint density at radius 2 is 1.56 bits per heavy atom. The lowest BCUT2D eigenvalue weighted by Crippen LogP contribution is -2.23. The van der Waals surface area contributed by atoms with Crippen LogP contribution in [0.5, 0.6) is 0 Å². The van der Waals surface area contributed by atoms with Crippen molar-refractivity contribution in [2.24, 2.45) is 5.92 Å². The second-order valence-corrected chi connectivity index (χ2v) is 10.1. The van der Waals surface area contributed by atoms with Gasteiger partial charge in [-0.3, -0.25) is 10.1 Å². The fourth-order valence-electron chi connectivity index (χ4n) is 5.23. The van der Waals surface area contributed by atoms with Gasteiger partial charge in [0.05, 0.1) is 0 Å². The molecule has 5 nitrogen and oxygen atoms in total. The average Bonchev–Trinajstić information content (AvgIpc) is 3.78. The lowest BCUT2D eigenvalue weighted by atomic mass is 9.76. The Bertz CT molecular complexity index is 1190. The lowest BCUT2D eigenvalue weighted by Gasteiger charge is -2.28. The van der Waals surface area contributed by atoms with Crippen molar-refractivity contribution in [3.05, 3.63) is 94.8 Å². The number of ether oxygens (including phenoxy) is 1. The standard InChI is InChI=1S/C31H34N2O3/c1-2-26-18-19-28(24-10-11-24)29(32-26)30(34)25-12-8-22(9-13-25)23-14-16-27(17-15-23)33-31(35)36-20-21-6-4-3-5-7-21/h3-7,14-19,22,24-25H,2,8-13,20H2,1H3,(H,33,35). The van der Waals surface area contributed by atoms with Gasteiger partial charge in [0.2, 0.25) is 0 Å². The maximum Gasteiger partial charge on any atom is 0.411 e. The lowest BCUT2D eigenvalue weighted by molar-refractivity contribution is 0.0877. The normalized spacial score (nSPS) is 19.5. The van der Waals surface area contributed by atoms with E-state index in [0.29, 0.717) is 11.8 Å². The molecule has 0 unspecified atom stereocenters. The third kappa shape index (κ3) is 5.84. The summed E-state index contributed by atoms with van der Waals surface area (Å²) in [5.74, 6) is 1.28. The number of Topliss-reactive ketones (excluding diaryl/α,β-unsaturated/α-hetero) is 1. The van der Waals surface area contributed by atoms with Gasteiger partial charge in [-0.25, -0.2) is 9.78 Å². The molecule has 2 aliphatic rings. The first-order valence-corrected chi connectivity index (χ1v) is 13.2. The molecule has 186 valence electrons. The molecule has 0 bridgehead atoms. The number of carbonyl (C=O) groups excluding carboxylic acids is 2. The number of nitrogens with zero attached hydrogens (tertiary/aromatic N) is 1. The van der Waals surface area contributed by atoms with E-state index in [-0.39, 0.29) is 18.3 Å². The van der Waals surface area contributed by atoms with Gasteiger partial charge in [-0.15, -0.1) is 0 Å². The molecule has 5 rings (SSSR count). The van der Waals surface area contributed by atoms with E-state index in [1.54, 1.807) is 0 Å². The first-order chi connectivity index (χ1) is 17.6. The van der Waals surface area contributed by atoms with E-state index in [1.165, 1.54) is 24.0 Å². The van der Waals surface area contributed by atoms with Crippen molar-refractivity contribution in [1.29, 1.82) is 0 Å². The van der Waals surface area contributed by atoms with Crippen LogP contribution >= 0.6 is 0 Å². The van der Waals surface area contributed by atoms with Crippen LogP contribution in [0.25, 0.3) is 0 Å². The predicted molar refractivity (Wildman–Crippen MR) is 141 cm³/mol. The minimum atomic E-state index is -0.461. The number of aryl methyl sites for hydroxylation is 1. The summed E-state index contributed by atoms with van der Waals surface area (Å²) in [6.07, 6.45) is 6.54. The Kier molecular flexibility index (Phi) is 7.45. The number of hydrogen-bond acceptors (Lipinski definition) is 4. The van der Waals surface area contributed by atoms with E-state index in [4.69, 9.17) is 9.72 Å². The summed E-state index contributed by atoms with van der Waals surface area (Å²) >= 11 is 0. The van der Waals surface area contributed by atoms with Crippen LogP contribution in [0.1, 0.15) is 90.2 Å². The van der Waals surface area contributed by atoms with Crippen LogP contribution in [0.4, 0.5) is 10.5 Å². The van der Waals surface area contributed by atoms with Gasteiger partial charge in [0.1, 0.15) is 12.3 Å². The van der Waals surface area contributed by atoms with E-state index < -0.39 is 6.09 Å². The smallest absolute Gasteiger partial charge is 0.411 e. The highest BCUT2D eigenvalue weighted by atomic mass is 16.5. The summed E-state index contributed by atoms with van der Waals surface area (Å²) in [6.45, 7) is 2.33. The van der Waals surface area contributed by atoms with Gasteiger partial charge >= 0.3 is 6.09 Å². The number of hydrogen-bond donors (Lipinski definition) is 1. The maximum atomic E-state index is 13.4. The monoisotopic (exact) mass is 482 g/mol. The quantitative estimate of drug-likeness (QED) is 0.339. The molecule has 0 aliphatic heterocycles. The highest BCUT2D eigenvalue weighted by Gasteiger charge is 2.33. The Labute approximate surface area is 213 Å². The zero-order valence-electron chi connectivity index (χ0n) is 20.9. The van der Waals surface area contributed by atoms with Crippen molar-refractivity contribution in [3.8, 4) is 0 Å². The molecule has 0 saturated heterocycles. The molecule has 1 amide bonds. The Hall–Kier alpha value is -3.47. The van der Waals surface area contributed by atoms with E-state index in [0.717, 1.165) is 54.7 Å². The molecule has 2 aromatic carbocycles. The van der Waals surface area contributed by atoms with E-state index in [9.17, 15) is 9.59 Å². The maximum absolute atomic E-state index is 13.4. The average molecular weight is 483 g/mol. The molecular weight excluding hydrogens is 448 g/mol. The van der Waals surface area contributed by atoms with Crippen LogP contribution in [-0.4, -0.2) is 16.9 Å². The molecule has 1 N–H and O–H groups in total. The van der Waals surface area contributed by atoms with Crippen molar-refractivity contribution < 1.29 is 14.3 Å². The molecule has 3 aromatic rings. The van der Waals surface area contributed by atoms with Crippen LogP contribution in [0.2, 0.25) is 0 Å². The first kappa shape index (κ1) is 24.2. The molecule has 0 atom stereocenters. The molecule has 2 fully saturated rings. The van der Waals surface area contributed by atoms with Crippen LogP contribution in [0.15, 0.2) is 66.7 Å². The fraction of sp³-hybridized carbons (Fsp3) is 0.387. The van der Waals surface area contributed by atoms with Gasteiger partial charge in [-0.05, 0) is 91.7 Å². The number of amides is 1. The molecular formula is C31H34N2O3. The summed E-state index contributed by atoms with van der Waals surface area (Å²) in [5.41, 5.74) is 5.85. The topological polar surface area (TPSA) is 68.3 Å². The van der Waals surface area contributed by atoms with E-state index >= 15 is 0 Å². The van der Waals surface area contributed by atoms with Gasteiger partial charge in [-0.1, -0.05) is 55.5 Å². The summed E-state index contributed by atoms with van der Waals surface area (Å²) < 4.78 is 5.30. The summed E-state index contributed by atoms with van der Waals surface area (Å²) in [5, 5.41) is 2.80. The second-order valence-electron chi connectivity index (χ2n) is 10.1. The Balaban J connectivity index is 1.14. The largest absolute Gasteiger partial charge is 0.444 e. The fourth-order valence-corrected chi connectivity index (χ4v) is 5.23. The third-order valence-electron chi connectivity index (χ3n) is 7.54. The molecule has 1 aromatic heterocycles. The Morgan fingerprint density at radius 1 is 0.861 bits per heavy atom. The third-order valence-corrected chi connectivity index (χ3v) is 7.54. The minimum absolute atomic E-state index is 0.0682. The van der Waals surface area contributed by atoms with Crippen molar-refractivity contribution in [1.82, 2.24) is 4.98 Å². The number of anilines is 1. The summed E-state index contributed by atoms with van der Waals surface area (Å²) in [4.78, 5) is 30.3. The molecule has 5 heteroatoms. The van der Waals surface area contributed by atoms with Crippen molar-refractivity contribution in [2.75, 3.05) is 5.32 Å². The number of benzene rings is 2. The highest BCUT2D eigenvalue weighted by Crippen LogP contribution is 2.43. The SMILES string of the molecule is CCc1ccc(C2CC2)c(C(=O)C2CCC(c3ccc(NC(=O)OCc4ccccc4)cc3)CC2)n1. The van der Waals surface area contributed by atoms with Gasteiger partial charge in [-0.2, -0.15) is 0 Å². The summed E-state index contributed by atoms with van der Waals surface area (Å²) in [7, 11) is 0. The van der Waals surface area contributed by atoms with Crippen LogP contribution in [0.3, 0.4) is 0 Å². The van der Waals surface area contributed by atoms with Crippen LogP contribution < -0.4 is 5.32 Å². The molecule has 2 aliphatic carbocycles. The molecule has 2 saturated carbocycles. The number of pyridine rings is 1. The predicted octanol–water partition coefficient (Wildman–Crippen LogP) is 7.43. The molecule has 36 heavy (non-hydrogen) atoms. The number of ketones is 1.